The van der Waals surface area contributed by atoms with Crippen LogP contribution in [0.2, 0.25) is 0 Å². The molecule has 0 radical (unpaired) electrons. The van der Waals surface area contributed by atoms with Gasteiger partial charge in [0.15, 0.2) is 5.82 Å². The van der Waals surface area contributed by atoms with Crippen molar-refractivity contribution in [2.24, 2.45) is 0 Å². The van der Waals surface area contributed by atoms with Crippen molar-refractivity contribution in [1.82, 2.24) is 19.7 Å². The molecule has 142 valence electrons. The van der Waals surface area contributed by atoms with E-state index < -0.39 is 11.7 Å². The monoisotopic (exact) mass is 394 g/mol. The maximum Gasteiger partial charge on any atom is 0.416 e. The fraction of sp³-hybridized carbons (Fsp3) is 0.278. The van der Waals surface area contributed by atoms with E-state index in [0.717, 1.165) is 12.1 Å². The molecule has 0 fully saturated rings. The van der Waals surface area contributed by atoms with Gasteiger partial charge in [-0.25, -0.2) is 9.67 Å². The standard InChI is InChI=1S/C18H17F3N4OS/c1-3-24(4-2)17(26)15-22-16(14-9-6-10-27-14)25(23-15)13-8-5-7-12(11-13)18(19,20)21/h5-11H,3-4H2,1-2H3. The van der Waals surface area contributed by atoms with Crippen molar-refractivity contribution in [3.05, 3.63) is 53.2 Å². The van der Waals surface area contributed by atoms with Gasteiger partial charge in [0.2, 0.25) is 5.82 Å². The Kier molecular flexibility index (Phi) is 5.31. The quantitative estimate of drug-likeness (QED) is 0.640. The Labute approximate surface area is 158 Å². The van der Waals surface area contributed by atoms with E-state index in [0.29, 0.717) is 23.8 Å². The molecule has 2 heterocycles. The van der Waals surface area contributed by atoms with Crippen molar-refractivity contribution in [2.45, 2.75) is 20.0 Å². The average molecular weight is 394 g/mol. The molecule has 1 amide bonds. The van der Waals surface area contributed by atoms with E-state index in [4.69, 9.17) is 0 Å². The Morgan fingerprint density at radius 3 is 2.52 bits per heavy atom. The molecule has 0 aliphatic carbocycles. The van der Waals surface area contributed by atoms with Crippen LogP contribution in [0.1, 0.15) is 30.0 Å². The van der Waals surface area contributed by atoms with E-state index in [-0.39, 0.29) is 17.4 Å². The first-order valence-corrected chi connectivity index (χ1v) is 9.21. The molecular weight excluding hydrogens is 377 g/mol. The largest absolute Gasteiger partial charge is 0.416 e. The maximum atomic E-state index is 13.1. The molecule has 0 bridgehead atoms. The highest BCUT2D eigenvalue weighted by atomic mass is 32.1. The SMILES string of the molecule is CCN(CC)C(=O)c1nc(-c2cccs2)n(-c2cccc(C(F)(F)F)c2)n1. The van der Waals surface area contributed by atoms with Crippen LogP contribution in [-0.4, -0.2) is 38.7 Å². The van der Waals surface area contributed by atoms with Gasteiger partial charge < -0.3 is 4.90 Å². The van der Waals surface area contributed by atoms with Crippen molar-refractivity contribution in [3.63, 3.8) is 0 Å². The minimum atomic E-state index is -4.47. The summed E-state index contributed by atoms with van der Waals surface area (Å²) in [6.07, 6.45) is -4.47. The molecule has 0 aliphatic rings. The predicted octanol–water partition coefficient (Wildman–Crippen LogP) is 4.50. The lowest BCUT2D eigenvalue weighted by Crippen LogP contribution is -2.31. The molecule has 3 aromatic rings. The number of rotatable bonds is 5. The van der Waals surface area contributed by atoms with Crippen molar-refractivity contribution >= 4 is 17.2 Å². The van der Waals surface area contributed by atoms with Crippen molar-refractivity contribution in [1.29, 1.82) is 0 Å². The highest BCUT2D eigenvalue weighted by molar-refractivity contribution is 7.13. The van der Waals surface area contributed by atoms with Crippen LogP contribution in [0.5, 0.6) is 0 Å². The van der Waals surface area contributed by atoms with Gasteiger partial charge in [-0.05, 0) is 43.5 Å². The lowest BCUT2D eigenvalue weighted by atomic mass is 10.2. The average Bonchev–Trinajstić information content (AvgIpc) is 3.31. The molecular formula is C18H17F3N4OS. The van der Waals surface area contributed by atoms with Gasteiger partial charge in [-0.2, -0.15) is 13.2 Å². The molecule has 0 atom stereocenters. The molecule has 0 spiro atoms. The first kappa shape index (κ1) is 19.1. The Balaban J connectivity index is 2.13. The van der Waals surface area contributed by atoms with E-state index in [2.05, 4.69) is 10.1 Å². The van der Waals surface area contributed by atoms with Gasteiger partial charge in [-0.15, -0.1) is 16.4 Å². The summed E-state index contributed by atoms with van der Waals surface area (Å²) in [4.78, 5) is 19.2. The van der Waals surface area contributed by atoms with Crippen LogP contribution in [0.25, 0.3) is 16.4 Å². The zero-order chi connectivity index (χ0) is 19.6. The smallest absolute Gasteiger partial charge is 0.336 e. The highest BCUT2D eigenvalue weighted by Gasteiger charge is 2.31. The minimum Gasteiger partial charge on any atom is -0.336 e. The van der Waals surface area contributed by atoms with Crippen LogP contribution in [0.3, 0.4) is 0 Å². The van der Waals surface area contributed by atoms with Gasteiger partial charge in [0.05, 0.1) is 16.1 Å². The summed E-state index contributed by atoms with van der Waals surface area (Å²) in [7, 11) is 0. The summed E-state index contributed by atoms with van der Waals surface area (Å²) in [6.45, 7) is 4.65. The molecule has 0 saturated heterocycles. The second kappa shape index (κ2) is 7.51. The lowest BCUT2D eigenvalue weighted by Gasteiger charge is -2.15. The van der Waals surface area contributed by atoms with Gasteiger partial charge in [0, 0.05) is 13.1 Å². The summed E-state index contributed by atoms with van der Waals surface area (Å²) in [5.41, 5.74) is -0.594. The van der Waals surface area contributed by atoms with Gasteiger partial charge in [-0.1, -0.05) is 12.1 Å². The third-order valence-corrected chi connectivity index (χ3v) is 4.87. The molecule has 2 aromatic heterocycles. The Bertz CT molecular complexity index is 930. The second-order valence-corrected chi connectivity index (χ2v) is 6.62. The minimum absolute atomic E-state index is 0.0421. The normalized spacial score (nSPS) is 11.6. The van der Waals surface area contributed by atoms with E-state index in [1.54, 1.807) is 17.0 Å². The zero-order valence-corrected chi connectivity index (χ0v) is 15.5. The van der Waals surface area contributed by atoms with Gasteiger partial charge >= 0.3 is 6.18 Å². The number of halogens is 3. The summed E-state index contributed by atoms with van der Waals surface area (Å²) >= 11 is 1.37. The number of thiophene rings is 1. The molecule has 0 saturated carbocycles. The Morgan fingerprint density at radius 1 is 1.19 bits per heavy atom. The van der Waals surface area contributed by atoms with Crippen molar-refractivity contribution in [3.8, 4) is 16.4 Å². The van der Waals surface area contributed by atoms with Gasteiger partial charge in [0.25, 0.3) is 5.91 Å². The second-order valence-electron chi connectivity index (χ2n) is 5.67. The van der Waals surface area contributed by atoms with Crippen LogP contribution in [0.4, 0.5) is 13.2 Å². The number of hydrogen-bond donors (Lipinski definition) is 0. The van der Waals surface area contributed by atoms with E-state index in [1.165, 1.54) is 28.2 Å². The number of hydrogen-bond acceptors (Lipinski definition) is 4. The van der Waals surface area contributed by atoms with Crippen molar-refractivity contribution in [2.75, 3.05) is 13.1 Å². The molecule has 0 unspecified atom stereocenters. The molecule has 1 aromatic carbocycles. The highest BCUT2D eigenvalue weighted by Crippen LogP contribution is 2.32. The number of nitrogens with zero attached hydrogens (tertiary/aromatic N) is 4. The van der Waals surface area contributed by atoms with Crippen LogP contribution >= 0.6 is 11.3 Å². The van der Waals surface area contributed by atoms with Crippen LogP contribution < -0.4 is 0 Å². The number of amides is 1. The molecule has 27 heavy (non-hydrogen) atoms. The van der Waals surface area contributed by atoms with E-state index in [1.807, 2.05) is 19.2 Å². The topological polar surface area (TPSA) is 51.0 Å². The third-order valence-electron chi connectivity index (χ3n) is 4.01. The lowest BCUT2D eigenvalue weighted by molar-refractivity contribution is -0.137. The molecule has 5 nitrogen and oxygen atoms in total. The van der Waals surface area contributed by atoms with Crippen LogP contribution in [0.15, 0.2) is 41.8 Å². The molecule has 3 rings (SSSR count). The van der Waals surface area contributed by atoms with Gasteiger partial charge in [0.1, 0.15) is 0 Å². The fourth-order valence-corrected chi connectivity index (χ4v) is 3.31. The summed E-state index contributed by atoms with van der Waals surface area (Å²) in [5.74, 6) is -0.0668. The first-order chi connectivity index (χ1) is 12.8. The summed E-state index contributed by atoms with van der Waals surface area (Å²) in [6, 6.07) is 8.39. The fourth-order valence-electron chi connectivity index (χ4n) is 2.61. The molecule has 0 N–H and O–H groups in total. The van der Waals surface area contributed by atoms with Crippen LogP contribution in [0, 0.1) is 0 Å². The number of aromatic nitrogens is 3. The van der Waals surface area contributed by atoms with Crippen LogP contribution in [-0.2, 0) is 6.18 Å². The number of benzene rings is 1. The van der Waals surface area contributed by atoms with E-state index in [9.17, 15) is 18.0 Å². The van der Waals surface area contributed by atoms with E-state index >= 15 is 0 Å². The third kappa shape index (κ3) is 3.87. The number of alkyl halides is 3. The Hall–Kier alpha value is -2.68. The van der Waals surface area contributed by atoms with Crippen molar-refractivity contribution < 1.29 is 18.0 Å². The Morgan fingerprint density at radius 2 is 1.93 bits per heavy atom. The summed E-state index contributed by atoms with van der Waals surface area (Å²) < 4.78 is 40.5. The predicted molar refractivity (Wildman–Crippen MR) is 96.9 cm³/mol. The first-order valence-electron chi connectivity index (χ1n) is 8.33. The maximum absolute atomic E-state index is 13.1. The number of carbonyl (C=O) groups is 1. The molecule has 9 heteroatoms. The zero-order valence-electron chi connectivity index (χ0n) is 14.7. The van der Waals surface area contributed by atoms with Gasteiger partial charge in [-0.3, -0.25) is 4.79 Å². The number of carbonyl (C=O) groups excluding carboxylic acids is 1. The molecule has 0 aliphatic heterocycles. The summed E-state index contributed by atoms with van der Waals surface area (Å²) in [5, 5.41) is 6.06.